The van der Waals surface area contributed by atoms with E-state index in [1.165, 1.54) is 4.31 Å². The van der Waals surface area contributed by atoms with E-state index < -0.39 is 10.0 Å². The molecule has 2 aliphatic heterocycles. The Hall–Kier alpha value is -1.44. The second-order valence-electron chi connectivity index (χ2n) is 6.41. The largest absolute Gasteiger partial charge is 0.381 e. The summed E-state index contributed by atoms with van der Waals surface area (Å²) in [4.78, 5) is 12.8. The van der Waals surface area contributed by atoms with Crippen molar-refractivity contribution in [1.82, 2.24) is 9.62 Å². The van der Waals surface area contributed by atoms with Crippen LogP contribution in [-0.4, -0.2) is 51.0 Å². The molecule has 0 saturated carbocycles. The minimum Gasteiger partial charge on any atom is -0.381 e. The molecular formula is C17H24N2O4S. The number of sulfonamides is 1. The second-order valence-corrected chi connectivity index (χ2v) is 8.35. The van der Waals surface area contributed by atoms with E-state index in [9.17, 15) is 13.2 Å². The van der Waals surface area contributed by atoms with Crippen LogP contribution in [0.1, 0.15) is 25.7 Å². The van der Waals surface area contributed by atoms with Crippen molar-refractivity contribution in [3.8, 4) is 0 Å². The molecule has 3 rings (SSSR count). The molecule has 24 heavy (non-hydrogen) atoms. The van der Waals surface area contributed by atoms with Crippen LogP contribution >= 0.6 is 0 Å². The van der Waals surface area contributed by atoms with E-state index in [1.54, 1.807) is 30.3 Å². The van der Waals surface area contributed by atoms with Gasteiger partial charge in [0.05, 0.1) is 10.8 Å². The summed E-state index contributed by atoms with van der Waals surface area (Å²) in [6, 6.07) is 8.56. The summed E-state index contributed by atoms with van der Waals surface area (Å²) in [6.45, 7) is 2.07. The number of nitrogens with zero attached hydrogens (tertiary/aromatic N) is 1. The first-order valence-electron chi connectivity index (χ1n) is 8.50. The third kappa shape index (κ3) is 3.96. The topological polar surface area (TPSA) is 75.7 Å². The van der Waals surface area contributed by atoms with Gasteiger partial charge in [-0.2, -0.15) is 4.31 Å². The molecular weight excluding hydrogens is 328 g/mol. The summed E-state index contributed by atoms with van der Waals surface area (Å²) in [5.74, 6) is -0.310. The number of amides is 1. The van der Waals surface area contributed by atoms with Crippen LogP contribution in [0.4, 0.5) is 0 Å². The van der Waals surface area contributed by atoms with Crippen LogP contribution in [0, 0.1) is 5.92 Å². The van der Waals surface area contributed by atoms with Gasteiger partial charge in [-0.15, -0.1) is 0 Å². The molecule has 1 amide bonds. The molecule has 2 fully saturated rings. The SMILES string of the molecule is O=C(NC1CCOCC1)C1CCCN(S(=O)(=O)c2ccccc2)C1. The van der Waals surface area contributed by atoms with E-state index >= 15 is 0 Å². The van der Waals surface area contributed by atoms with Crippen LogP contribution in [0.25, 0.3) is 0 Å². The maximum absolute atomic E-state index is 12.7. The molecule has 1 atom stereocenters. The third-order valence-corrected chi connectivity index (χ3v) is 6.58. The van der Waals surface area contributed by atoms with Crippen LogP contribution in [0.15, 0.2) is 35.2 Å². The summed E-state index contributed by atoms with van der Waals surface area (Å²) >= 11 is 0. The van der Waals surface area contributed by atoms with Crippen LogP contribution in [-0.2, 0) is 19.6 Å². The number of rotatable bonds is 4. The van der Waals surface area contributed by atoms with E-state index in [1.807, 2.05) is 0 Å². The van der Waals surface area contributed by atoms with Crippen molar-refractivity contribution in [3.63, 3.8) is 0 Å². The van der Waals surface area contributed by atoms with Crippen LogP contribution in [0.3, 0.4) is 0 Å². The number of ether oxygens (including phenoxy) is 1. The van der Waals surface area contributed by atoms with E-state index in [0.29, 0.717) is 26.2 Å². The highest BCUT2D eigenvalue weighted by Gasteiger charge is 2.33. The number of carbonyl (C=O) groups excluding carboxylic acids is 1. The molecule has 2 saturated heterocycles. The lowest BCUT2D eigenvalue weighted by Crippen LogP contribution is -2.48. The van der Waals surface area contributed by atoms with E-state index in [0.717, 1.165) is 19.3 Å². The Morgan fingerprint density at radius 1 is 1.12 bits per heavy atom. The summed E-state index contributed by atoms with van der Waals surface area (Å²) in [5, 5.41) is 3.06. The maximum atomic E-state index is 12.7. The summed E-state index contributed by atoms with van der Waals surface area (Å²) < 4.78 is 32.2. The van der Waals surface area contributed by atoms with Gasteiger partial charge >= 0.3 is 0 Å². The molecule has 0 radical (unpaired) electrons. The highest BCUT2D eigenvalue weighted by Crippen LogP contribution is 2.24. The third-order valence-electron chi connectivity index (χ3n) is 4.70. The predicted octanol–water partition coefficient (Wildman–Crippen LogP) is 1.38. The first-order chi connectivity index (χ1) is 11.6. The van der Waals surface area contributed by atoms with Crippen LogP contribution in [0.5, 0.6) is 0 Å². The van der Waals surface area contributed by atoms with Gasteiger partial charge in [0.1, 0.15) is 0 Å². The molecule has 0 aromatic heterocycles. The fourth-order valence-corrected chi connectivity index (χ4v) is 4.82. The molecule has 1 aromatic rings. The predicted molar refractivity (Wildman–Crippen MR) is 89.9 cm³/mol. The summed E-state index contributed by atoms with van der Waals surface area (Å²) in [7, 11) is -3.53. The maximum Gasteiger partial charge on any atom is 0.243 e. The second kappa shape index (κ2) is 7.63. The van der Waals surface area contributed by atoms with E-state index in [4.69, 9.17) is 4.74 Å². The van der Waals surface area contributed by atoms with Gasteiger partial charge in [-0.3, -0.25) is 4.79 Å². The zero-order valence-electron chi connectivity index (χ0n) is 13.7. The Labute approximate surface area is 143 Å². The van der Waals surface area contributed by atoms with Gasteiger partial charge in [0.25, 0.3) is 0 Å². The zero-order valence-corrected chi connectivity index (χ0v) is 14.5. The lowest BCUT2D eigenvalue weighted by molar-refractivity contribution is -0.127. The van der Waals surface area contributed by atoms with Gasteiger partial charge in [0.2, 0.25) is 15.9 Å². The molecule has 2 aliphatic rings. The molecule has 1 aromatic carbocycles. The van der Waals surface area contributed by atoms with E-state index in [2.05, 4.69) is 5.32 Å². The number of benzene rings is 1. The Bertz CT molecular complexity index is 656. The van der Waals surface area contributed by atoms with Crippen molar-refractivity contribution >= 4 is 15.9 Å². The Balaban J connectivity index is 1.64. The highest BCUT2D eigenvalue weighted by molar-refractivity contribution is 7.89. The fourth-order valence-electron chi connectivity index (χ4n) is 3.28. The smallest absolute Gasteiger partial charge is 0.243 e. The van der Waals surface area contributed by atoms with Crippen molar-refractivity contribution in [3.05, 3.63) is 30.3 Å². The molecule has 7 heteroatoms. The normalized spacial score (nSPS) is 23.8. The standard InChI is InChI=1S/C17H24N2O4S/c20-17(18-15-8-11-23-12-9-15)14-5-4-10-19(13-14)24(21,22)16-6-2-1-3-7-16/h1-3,6-7,14-15H,4-5,8-13H2,(H,18,20). The number of hydrogen-bond acceptors (Lipinski definition) is 4. The van der Waals surface area contributed by atoms with Crippen molar-refractivity contribution in [2.24, 2.45) is 5.92 Å². The van der Waals surface area contributed by atoms with Crippen LogP contribution in [0.2, 0.25) is 0 Å². The zero-order chi connectivity index (χ0) is 17.0. The van der Waals surface area contributed by atoms with Gasteiger partial charge in [-0.25, -0.2) is 8.42 Å². The van der Waals surface area contributed by atoms with E-state index in [-0.39, 0.29) is 29.3 Å². The molecule has 6 nitrogen and oxygen atoms in total. The first-order valence-corrected chi connectivity index (χ1v) is 9.95. The van der Waals surface area contributed by atoms with Gasteiger partial charge in [0, 0.05) is 32.3 Å². The van der Waals surface area contributed by atoms with Gasteiger partial charge in [-0.05, 0) is 37.8 Å². The quantitative estimate of drug-likeness (QED) is 0.888. The van der Waals surface area contributed by atoms with Gasteiger partial charge in [0.15, 0.2) is 0 Å². The monoisotopic (exact) mass is 352 g/mol. The Morgan fingerprint density at radius 3 is 2.54 bits per heavy atom. The number of nitrogens with one attached hydrogen (secondary N) is 1. The molecule has 0 bridgehead atoms. The molecule has 2 heterocycles. The van der Waals surface area contributed by atoms with Crippen LogP contribution < -0.4 is 5.32 Å². The van der Waals surface area contributed by atoms with Crippen molar-refractivity contribution in [1.29, 1.82) is 0 Å². The molecule has 1 N–H and O–H groups in total. The summed E-state index contributed by atoms with van der Waals surface area (Å²) in [5.41, 5.74) is 0. The first kappa shape index (κ1) is 17.4. The number of piperidine rings is 1. The Morgan fingerprint density at radius 2 is 1.83 bits per heavy atom. The lowest BCUT2D eigenvalue weighted by Gasteiger charge is -2.32. The molecule has 0 spiro atoms. The molecule has 132 valence electrons. The fraction of sp³-hybridized carbons (Fsp3) is 0.588. The average molecular weight is 352 g/mol. The molecule has 1 unspecified atom stereocenters. The van der Waals surface area contributed by atoms with Crippen molar-refractivity contribution in [2.45, 2.75) is 36.6 Å². The van der Waals surface area contributed by atoms with Gasteiger partial charge < -0.3 is 10.1 Å². The summed E-state index contributed by atoms with van der Waals surface area (Å²) in [6.07, 6.45) is 3.09. The number of carbonyl (C=O) groups is 1. The minimum atomic E-state index is -3.53. The van der Waals surface area contributed by atoms with Crippen molar-refractivity contribution < 1.29 is 17.9 Å². The highest BCUT2D eigenvalue weighted by atomic mass is 32.2. The lowest BCUT2D eigenvalue weighted by atomic mass is 9.97. The van der Waals surface area contributed by atoms with Crippen molar-refractivity contribution in [2.75, 3.05) is 26.3 Å². The Kier molecular flexibility index (Phi) is 5.53. The van der Waals surface area contributed by atoms with Gasteiger partial charge in [-0.1, -0.05) is 18.2 Å². The molecule has 0 aliphatic carbocycles. The average Bonchev–Trinajstić information content (AvgIpc) is 2.63. The minimum absolute atomic E-state index is 0.0325. The number of hydrogen-bond donors (Lipinski definition) is 1.